The van der Waals surface area contributed by atoms with Crippen molar-refractivity contribution in [3.8, 4) is 5.75 Å². The second-order valence-electron chi connectivity index (χ2n) is 5.28. The van der Waals surface area contributed by atoms with E-state index in [0.717, 1.165) is 37.0 Å². The van der Waals surface area contributed by atoms with Crippen LogP contribution in [-0.2, 0) is 6.42 Å². The molecule has 0 saturated heterocycles. The molecule has 4 heteroatoms. The summed E-state index contributed by atoms with van der Waals surface area (Å²) in [6, 6.07) is 11.3. The molecule has 3 rings (SSSR count). The van der Waals surface area contributed by atoms with E-state index in [4.69, 9.17) is 0 Å². The molecule has 0 spiro atoms. The largest absolute Gasteiger partial charge is 0.507 e. The summed E-state index contributed by atoms with van der Waals surface area (Å²) >= 11 is 0. The molecule has 1 atom stereocenters. The third-order valence-electron chi connectivity index (χ3n) is 3.88. The van der Waals surface area contributed by atoms with Gasteiger partial charge in [-0.1, -0.05) is 24.3 Å². The Hall–Kier alpha value is -2.36. The van der Waals surface area contributed by atoms with Gasteiger partial charge in [0.2, 0.25) is 0 Å². The van der Waals surface area contributed by atoms with Crippen LogP contribution < -0.4 is 5.32 Å². The summed E-state index contributed by atoms with van der Waals surface area (Å²) in [5.74, 6) is -1.20. The standard InChI is InChI=1S/C17H16FNO2/c18-12-8-9-16(20)14(10-12)17(21)19-15-7-3-5-11-4-1-2-6-13(11)15/h1-2,4,6,8-10,15,20H,3,5,7H2,(H,19,21). The quantitative estimate of drug-likeness (QED) is 0.889. The smallest absolute Gasteiger partial charge is 0.255 e. The summed E-state index contributed by atoms with van der Waals surface area (Å²) in [6.07, 6.45) is 2.85. The van der Waals surface area contributed by atoms with Crippen molar-refractivity contribution in [3.05, 3.63) is 65.0 Å². The number of hydrogen-bond donors (Lipinski definition) is 2. The van der Waals surface area contributed by atoms with Crippen LogP contribution in [-0.4, -0.2) is 11.0 Å². The number of aromatic hydroxyl groups is 1. The Bertz CT molecular complexity index is 684. The Labute approximate surface area is 122 Å². The van der Waals surface area contributed by atoms with Gasteiger partial charge in [-0.15, -0.1) is 0 Å². The van der Waals surface area contributed by atoms with E-state index >= 15 is 0 Å². The Balaban J connectivity index is 1.84. The van der Waals surface area contributed by atoms with Gasteiger partial charge in [0, 0.05) is 0 Å². The SMILES string of the molecule is O=C(NC1CCCc2ccccc21)c1cc(F)ccc1O. The Morgan fingerprint density at radius 2 is 2.05 bits per heavy atom. The predicted molar refractivity (Wildman–Crippen MR) is 77.7 cm³/mol. The van der Waals surface area contributed by atoms with Crippen LogP contribution in [0.25, 0.3) is 0 Å². The second kappa shape index (κ2) is 5.56. The molecule has 2 N–H and O–H groups in total. The van der Waals surface area contributed by atoms with Gasteiger partial charge < -0.3 is 10.4 Å². The summed E-state index contributed by atoms with van der Waals surface area (Å²) in [5, 5.41) is 12.6. The first-order chi connectivity index (χ1) is 10.1. The van der Waals surface area contributed by atoms with E-state index in [0.29, 0.717) is 0 Å². The topological polar surface area (TPSA) is 49.3 Å². The molecular formula is C17H16FNO2. The lowest BCUT2D eigenvalue weighted by molar-refractivity contribution is 0.0929. The van der Waals surface area contributed by atoms with E-state index in [9.17, 15) is 14.3 Å². The maximum absolute atomic E-state index is 13.2. The third kappa shape index (κ3) is 2.75. The predicted octanol–water partition coefficient (Wildman–Crippen LogP) is 3.34. The molecule has 0 saturated carbocycles. The van der Waals surface area contributed by atoms with Crippen LogP contribution in [0.5, 0.6) is 5.75 Å². The van der Waals surface area contributed by atoms with Crippen molar-refractivity contribution in [1.29, 1.82) is 0 Å². The number of carbonyl (C=O) groups excluding carboxylic acids is 1. The first-order valence-corrected chi connectivity index (χ1v) is 7.02. The van der Waals surface area contributed by atoms with Crippen molar-refractivity contribution >= 4 is 5.91 Å². The summed E-state index contributed by atoms with van der Waals surface area (Å²) in [6.45, 7) is 0. The van der Waals surface area contributed by atoms with Crippen LogP contribution in [0.15, 0.2) is 42.5 Å². The Morgan fingerprint density at radius 1 is 1.24 bits per heavy atom. The van der Waals surface area contributed by atoms with E-state index in [1.165, 1.54) is 11.6 Å². The number of phenolic OH excluding ortho intramolecular Hbond substituents is 1. The van der Waals surface area contributed by atoms with Crippen molar-refractivity contribution in [2.45, 2.75) is 25.3 Å². The lowest BCUT2D eigenvalue weighted by Crippen LogP contribution is -2.31. The minimum Gasteiger partial charge on any atom is -0.507 e. The molecule has 0 radical (unpaired) electrons. The minimum absolute atomic E-state index is 0.0296. The third-order valence-corrected chi connectivity index (χ3v) is 3.88. The second-order valence-corrected chi connectivity index (χ2v) is 5.28. The Kier molecular flexibility index (Phi) is 3.60. The van der Waals surface area contributed by atoms with E-state index in [1.807, 2.05) is 18.2 Å². The number of aryl methyl sites for hydroxylation is 1. The molecule has 0 fully saturated rings. The molecule has 3 nitrogen and oxygen atoms in total. The monoisotopic (exact) mass is 285 g/mol. The summed E-state index contributed by atoms with van der Waals surface area (Å²) in [5.41, 5.74) is 2.31. The van der Waals surface area contributed by atoms with Crippen LogP contribution in [0, 0.1) is 5.82 Å². The van der Waals surface area contributed by atoms with Crippen LogP contribution >= 0.6 is 0 Å². The highest BCUT2D eigenvalue weighted by Gasteiger charge is 2.23. The van der Waals surface area contributed by atoms with Gasteiger partial charge in [-0.05, 0) is 48.6 Å². The van der Waals surface area contributed by atoms with Gasteiger partial charge in [0.25, 0.3) is 5.91 Å². The van der Waals surface area contributed by atoms with Gasteiger partial charge in [-0.25, -0.2) is 4.39 Å². The molecule has 1 amide bonds. The van der Waals surface area contributed by atoms with Crippen molar-refractivity contribution in [3.63, 3.8) is 0 Å². The zero-order valence-corrected chi connectivity index (χ0v) is 11.5. The van der Waals surface area contributed by atoms with Crippen molar-refractivity contribution < 1.29 is 14.3 Å². The number of phenols is 1. The maximum Gasteiger partial charge on any atom is 0.255 e. The van der Waals surface area contributed by atoms with Crippen LogP contribution in [0.3, 0.4) is 0 Å². The molecule has 0 aromatic heterocycles. The summed E-state index contributed by atoms with van der Waals surface area (Å²) in [4.78, 5) is 12.3. The number of hydrogen-bond acceptors (Lipinski definition) is 2. The Morgan fingerprint density at radius 3 is 2.90 bits per heavy atom. The number of fused-ring (bicyclic) bond motifs is 1. The molecule has 108 valence electrons. The number of nitrogens with one attached hydrogen (secondary N) is 1. The molecule has 1 aliphatic rings. The normalized spacial score (nSPS) is 17.1. The van der Waals surface area contributed by atoms with Gasteiger partial charge in [-0.2, -0.15) is 0 Å². The van der Waals surface area contributed by atoms with Crippen molar-refractivity contribution in [1.82, 2.24) is 5.32 Å². The number of carbonyl (C=O) groups is 1. The average Bonchev–Trinajstić information content (AvgIpc) is 2.50. The van der Waals surface area contributed by atoms with Gasteiger partial charge >= 0.3 is 0 Å². The van der Waals surface area contributed by atoms with Crippen molar-refractivity contribution in [2.24, 2.45) is 0 Å². The minimum atomic E-state index is -0.540. The highest BCUT2D eigenvalue weighted by atomic mass is 19.1. The molecule has 2 aromatic rings. The molecule has 0 heterocycles. The van der Waals surface area contributed by atoms with Crippen LogP contribution in [0.2, 0.25) is 0 Å². The van der Waals surface area contributed by atoms with E-state index in [2.05, 4.69) is 11.4 Å². The summed E-state index contributed by atoms with van der Waals surface area (Å²) in [7, 11) is 0. The van der Waals surface area contributed by atoms with Crippen molar-refractivity contribution in [2.75, 3.05) is 0 Å². The average molecular weight is 285 g/mol. The zero-order chi connectivity index (χ0) is 14.8. The summed E-state index contributed by atoms with van der Waals surface area (Å²) < 4.78 is 13.2. The van der Waals surface area contributed by atoms with Crippen LogP contribution in [0.4, 0.5) is 4.39 Å². The van der Waals surface area contributed by atoms with Crippen LogP contribution in [0.1, 0.15) is 40.4 Å². The highest BCUT2D eigenvalue weighted by Crippen LogP contribution is 2.30. The maximum atomic E-state index is 13.2. The van der Waals surface area contributed by atoms with Gasteiger partial charge in [0.05, 0.1) is 11.6 Å². The number of halogens is 1. The lowest BCUT2D eigenvalue weighted by atomic mass is 9.87. The molecular weight excluding hydrogens is 269 g/mol. The highest BCUT2D eigenvalue weighted by molar-refractivity contribution is 5.97. The molecule has 21 heavy (non-hydrogen) atoms. The number of rotatable bonds is 2. The first-order valence-electron chi connectivity index (χ1n) is 7.02. The van der Waals surface area contributed by atoms with Gasteiger partial charge in [-0.3, -0.25) is 4.79 Å². The molecule has 1 unspecified atom stereocenters. The van der Waals surface area contributed by atoms with E-state index < -0.39 is 11.7 Å². The fourth-order valence-electron chi connectivity index (χ4n) is 2.83. The number of benzene rings is 2. The molecule has 0 bridgehead atoms. The number of amides is 1. The fraction of sp³-hybridized carbons (Fsp3) is 0.235. The van der Waals surface area contributed by atoms with Gasteiger partial charge in [0.1, 0.15) is 11.6 Å². The van der Waals surface area contributed by atoms with E-state index in [-0.39, 0.29) is 17.4 Å². The molecule has 1 aliphatic carbocycles. The molecule has 2 aromatic carbocycles. The van der Waals surface area contributed by atoms with Gasteiger partial charge in [0.15, 0.2) is 0 Å². The fourth-order valence-corrected chi connectivity index (χ4v) is 2.83. The first kappa shape index (κ1) is 13.6. The zero-order valence-electron chi connectivity index (χ0n) is 11.5. The lowest BCUT2D eigenvalue weighted by Gasteiger charge is -2.26. The molecule has 0 aliphatic heterocycles. The van der Waals surface area contributed by atoms with E-state index in [1.54, 1.807) is 0 Å².